The largest absolute Gasteiger partial charge is 0.492 e. The Balaban J connectivity index is 1.45. The van der Waals surface area contributed by atoms with Crippen LogP contribution in [0.1, 0.15) is 19.8 Å². The van der Waals surface area contributed by atoms with Gasteiger partial charge in [0.2, 0.25) is 11.8 Å². The highest BCUT2D eigenvalue weighted by atomic mass is 32.2. The summed E-state index contributed by atoms with van der Waals surface area (Å²) in [5, 5.41) is 14.2. The molecule has 0 radical (unpaired) electrons. The molecule has 3 unspecified atom stereocenters. The van der Waals surface area contributed by atoms with Crippen LogP contribution in [-0.2, 0) is 14.3 Å². The zero-order chi connectivity index (χ0) is 26.6. The quantitative estimate of drug-likeness (QED) is 0.371. The van der Waals surface area contributed by atoms with E-state index < -0.39 is 24.8 Å². The van der Waals surface area contributed by atoms with Crippen LogP contribution in [0.4, 0.5) is 14.5 Å². The Kier molecular flexibility index (Phi) is 11.7. The van der Waals surface area contributed by atoms with E-state index >= 15 is 0 Å². The van der Waals surface area contributed by atoms with Gasteiger partial charge in [0.05, 0.1) is 36.5 Å². The standard InChI is InChI=1S/C25H35F2N5O4S/c1-2-32-23(14-18(16-28)24(33)30-17-22(26)27)37-21(25(32)34)6-7-29-19-4-3-5-20(15-19)36-13-10-31-8-11-35-12-9-31/h3-5,15,18,21-23,29H,2,6-14,17H2,1H3,(H,30,33). The summed E-state index contributed by atoms with van der Waals surface area (Å²) >= 11 is 1.42. The van der Waals surface area contributed by atoms with Crippen molar-refractivity contribution < 1.29 is 27.8 Å². The summed E-state index contributed by atoms with van der Waals surface area (Å²) < 4.78 is 36.1. The lowest BCUT2D eigenvalue weighted by Gasteiger charge is -2.26. The van der Waals surface area contributed by atoms with Gasteiger partial charge in [-0.15, -0.1) is 11.8 Å². The lowest BCUT2D eigenvalue weighted by molar-refractivity contribution is -0.131. The second-order valence-electron chi connectivity index (χ2n) is 8.80. The number of carbonyl (C=O) groups excluding carboxylic acids is 2. The van der Waals surface area contributed by atoms with E-state index in [4.69, 9.17) is 9.47 Å². The van der Waals surface area contributed by atoms with Gasteiger partial charge in [-0.05, 0) is 25.5 Å². The third kappa shape index (κ3) is 9.02. The predicted octanol–water partition coefficient (Wildman–Crippen LogP) is 2.40. The number of carbonyl (C=O) groups is 2. The number of rotatable bonds is 14. The third-order valence-electron chi connectivity index (χ3n) is 6.26. The van der Waals surface area contributed by atoms with E-state index in [0.29, 0.717) is 26.1 Å². The van der Waals surface area contributed by atoms with Crippen LogP contribution in [0, 0.1) is 17.2 Å². The van der Waals surface area contributed by atoms with E-state index in [1.165, 1.54) is 11.8 Å². The Morgan fingerprint density at radius 1 is 1.35 bits per heavy atom. The summed E-state index contributed by atoms with van der Waals surface area (Å²) in [4.78, 5) is 29.0. The van der Waals surface area contributed by atoms with Gasteiger partial charge in [-0.3, -0.25) is 14.5 Å². The van der Waals surface area contributed by atoms with E-state index in [-0.39, 0.29) is 23.0 Å². The fourth-order valence-electron chi connectivity index (χ4n) is 4.26. The zero-order valence-corrected chi connectivity index (χ0v) is 21.9. The van der Waals surface area contributed by atoms with E-state index in [2.05, 4.69) is 15.5 Å². The van der Waals surface area contributed by atoms with Gasteiger partial charge < -0.3 is 25.0 Å². The number of thioether (sulfide) groups is 1. The second kappa shape index (κ2) is 15.0. The first-order valence-corrected chi connectivity index (χ1v) is 13.5. The number of nitrogens with zero attached hydrogens (tertiary/aromatic N) is 3. The molecule has 0 aromatic heterocycles. The Bertz CT molecular complexity index is 929. The topological polar surface area (TPSA) is 107 Å². The molecule has 2 aliphatic rings. The van der Waals surface area contributed by atoms with Crippen LogP contribution in [0.5, 0.6) is 5.75 Å². The number of hydrogen-bond donors (Lipinski definition) is 2. The van der Waals surface area contributed by atoms with Crippen LogP contribution in [0.3, 0.4) is 0 Å². The molecule has 2 heterocycles. The SMILES string of the molecule is CCN1C(=O)C(CCNc2cccc(OCCN3CCOCC3)c2)SC1CC(C#N)C(=O)NCC(F)F. The molecule has 0 bridgehead atoms. The monoisotopic (exact) mass is 539 g/mol. The number of nitrogens with one attached hydrogen (secondary N) is 2. The summed E-state index contributed by atoms with van der Waals surface area (Å²) in [6.07, 6.45) is -2.02. The highest BCUT2D eigenvalue weighted by Gasteiger charge is 2.40. The maximum Gasteiger partial charge on any atom is 0.255 e. The minimum atomic E-state index is -2.68. The summed E-state index contributed by atoms with van der Waals surface area (Å²) in [5.74, 6) is -1.09. The van der Waals surface area contributed by atoms with Gasteiger partial charge in [0.15, 0.2) is 0 Å². The molecule has 37 heavy (non-hydrogen) atoms. The smallest absolute Gasteiger partial charge is 0.255 e. The average Bonchev–Trinajstić information content (AvgIpc) is 3.20. The third-order valence-corrected chi connectivity index (χ3v) is 7.79. The summed E-state index contributed by atoms with van der Waals surface area (Å²) in [7, 11) is 0. The molecule has 1 aromatic carbocycles. The van der Waals surface area contributed by atoms with E-state index in [9.17, 15) is 23.6 Å². The van der Waals surface area contributed by atoms with Gasteiger partial charge in [0.25, 0.3) is 6.43 Å². The van der Waals surface area contributed by atoms with E-state index in [1.54, 1.807) is 4.90 Å². The van der Waals surface area contributed by atoms with Crippen LogP contribution in [0.15, 0.2) is 24.3 Å². The first-order chi connectivity index (χ1) is 17.9. The molecule has 2 aliphatic heterocycles. The molecule has 2 fully saturated rings. The number of alkyl halides is 2. The molecule has 0 aliphatic carbocycles. The van der Waals surface area contributed by atoms with Crippen molar-refractivity contribution in [1.29, 1.82) is 5.26 Å². The minimum absolute atomic E-state index is 0.0378. The van der Waals surface area contributed by atoms with Crippen molar-refractivity contribution >= 4 is 29.3 Å². The number of benzene rings is 1. The number of morpholine rings is 1. The molecule has 0 saturated carbocycles. The highest BCUT2D eigenvalue weighted by Crippen LogP contribution is 2.37. The van der Waals surface area contributed by atoms with Crippen LogP contribution in [-0.4, -0.2) is 97.8 Å². The number of anilines is 1. The molecule has 0 spiro atoms. The number of amides is 2. The molecule has 2 saturated heterocycles. The zero-order valence-electron chi connectivity index (χ0n) is 21.0. The number of nitriles is 1. The van der Waals surface area contributed by atoms with Crippen molar-refractivity contribution in [2.75, 3.05) is 64.4 Å². The maximum absolute atomic E-state index is 12.9. The van der Waals surface area contributed by atoms with E-state index in [1.807, 2.05) is 37.3 Å². The fraction of sp³-hybridized carbons (Fsp3) is 0.640. The normalized spacial score (nSPS) is 21.1. The second-order valence-corrected chi connectivity index (χ2v) is 10.2. The lowest BCUT2D eigenvalue weighted by atomic mass is 10.1. The first kappa shape index (κ1) is 28.9. The van der Waals surface area contributed by atoms with Gasteiger partial charge in [0.1, 0.15) is 18.3 Å². The number of halogens is 2. The van der Waals surface area contributed by atoms with Crippen molar-refractivity contribution in [3.8, 4) is 11.8 Å². The lowest BCUT2D eigenvalue weighted by Crippen LogP contribution is -2.39. The van der Waals surface area contributed by atoms with Gasteiger partial charge in [-0.25, -0.2) is 8.78 Å². The van der Waals surface area contributed by atoms with Gasteiger partial charge >= 0.3 is 0 Å². The summed E-state index contributed by atoms with van der Waals surface area (Å²) in [6, 6.07) is 9.58. The molecule has 12 heteroatoms. The van der Waals surface area contributed by atoms with Crippen molar-refractivity contribution in [2.24, 2.45) is 5.92 Å². The highest BCUT2D eigenvalue weighted by molar-refractivity contribution is 8.01. The van der Waals surface area contributed by atoms with Gasteiger partial charge in [-0.1, -0.05) is 6.07 Å². The van der Waals surface area contributed by atoms with Crippen molar-refractivity contribution in [3.63, 3.8) is 0 Å². The average molecular weight is 540 g/mol. The van der Waals surface area contributed by atoms with Crippen LogP contribution in [0.25, 0.3) is 0 Å². The fourth-order valence-corrected chi connectivity index (χ4v) is 5.85. The molecule has 1 aromatic rings. The first-order valence-electron chi connectivity index (χ1n) is 12.6. The molecule has 3 atom stereocenters. The molecular weight excluding hydrogens is 504 g/mol. The summed E-state index contributed by atoms with van der Waals surface area (Å²) in [6.45, 7) is 6.84. The Labute approximate surface area is 220 Å². The van der Waals surface area contributed by atoms with Crippen LogP contribution >= 0.6 is 11.8 Å². The van der Waals surface area contributed by atoms with Crippen molar-refractivity contribution in [1.82, 2.24) is 15.1 Å². The maximum atomic E-state index is 12.9. The number of hydrogen-bond acceptors (Lipinski definition) is 8. The van der Waals surface area contributed by atoms with Crippen molar-refractivity contribution in [2.45, 2.75) is 36.8 Å². The molecule has 9 nitrogen and oxygen atoms in total. The van der Waals surface area contributed by atoms with E-state index in [0.717, 1.165) is 44.3 Å². The van der Waals surface area contributed by atoms with Crippen molar-refractivity contribution in [3.05, 3.63) is 24.3 Å². The van der Waals surface area contributed by atoms with Crippen LogP contribution in [0.2, 0.25) is 0 Å². The Morgan fingerprint density at radius 2 is 2.14 bits per heavy atom. The van der Waals surface area contributed by atoms with Gasteiger partial charge in [0, 0.05) is 50.9 Å². The Morgan fingerprint density at radius 3 is 2.84 bits per heavy atom. The van der Waals surface area contributed by atoms with Crippen LogP contribution < -0.4 is 15.4 Å². The Hall–Kier alpha value is -2.62. The molecular formula is C25H35F2N5O4S. The minimum Gasteiger partial charge on any atom is -0.492 e. The van der Waals surface area contributed by atoms with Gasteiger partial charge in [-0.2, -0.15) is 5.26 Å². The number of ether oxygens (including phenoxy) is 2. The molecule has 2 N–H and O–H groups in total. The molecule has 3 rings (SSSR count). The molecule has 204 valence electrons. The molecule has 2 amide bonds. The predicted molar refractivity (Wildman–Crippen MR) is 138 cm³/mol. The summed E-state index contributed by atoms with van der Waals surface area (Å²) in [5.41, 5.74) is 0.892.